The van der Waals surface area contributed by atoms with Crippen molar-refractivity contribution >= 4 is 108 Å². The Labute approximate surface area is 321 Å². The van der Waals surface area contributed by atoms with Crippen LogP contribution in [0.2, 0.25) is 0 Å². The first kappa shape index (κ1) is 30.0. The third kappa shape index (κ3) is 3.90. The summed E-state index contributed by atoms with van der Waals surface area (Å²) in [4.78, 5) is 0. The minimum Gasteiger partial charge on any atom is -0.309 e. The van der Waals surface area contributed by atoms with E-state index in [4.69, 9.17) is 0 Å². The van der Waals surface area contributed by atoms with Crippen molar-refractivity contribution in [1.29, 1.82) is 0 Å². The molecule has 0 amide bonds. The van der Waals surface area contributed by atoms with Gasteiger partial charge in [0.15, 0.2) is 0 Å². The van der Waals surface area contributed by atoms with Crippen LogP contribution in [0.1, 0.15) is 0 Å². The molecule has 0 aliphatic heterocycles. The van der Waals surface area contributed by atoms with Crippen LogP contribution in [0.5, 0.6) is 0 Å². The Morgan fingerprint density at radius 3 is 1.04 bits per heavy atom. The van der Waals surface area contributed by atoms with Gasteiger partial charge < -0.3 is 9.13 Å². The number of para-hydroxylation sites is 2. The molecule has 258 valence electrons. The number of fused-ring (bicyclic) bond motifs is 19. The molecule has 13 aromatic rings. The summed E-state index contributed by atoms with van der Waals surface area (Å²) in [7, 11) is 0. The quantitative estimate of drug-likeness (QED) is 0.158. The fourth-order valence-corrected chi connectivity index (χ4v) is 10.1. The molecule has 0 N–H and O–H groups in total. The second-order valence-electron chi connectivity index (χ2n) is 15.2. The van der Waals surface area contributed by atoms with Gasteiger partial charge in [-0.05, 0) is 107 Å². The summed E-state index contributed by atoms with van der Waals surface area (Å²) in [5.74, 6) is 0. The number of hydrogen-bond donors (Lipinski definition) is 0. The standard InChI is InChI=1S/C54H32N2/c1-3-17-39-35(13-1)37-15-5-7-19-41(37)48-31-33(25-27-43(39)48)55-51-24-12-10-22-47(51)53-52(55)30-29-46-45-21-9-11-23-50(45)56(54(46)53)34-26-28-44-40-18-4-2-14-36(40)38-16-6-8-20-42(38)49(44)32-34/h1-32H. The highest BCUT2D eigenvalue weighted by Gasteiger charge is 2.22. The number of rotatable bonds is 2. The average Bonchev–Trinajstić information content (AvgIpc) is 3.79. The molecule has 0 atom stereocenters. The van der Waals surface area contributed by atoms with E-state index in [1.54, 1.807) is 0 Å². The minimum atomic E-state index is 1.16. The molecule has 0 unspecified atom stereocenters. The van der Waals surface area contributed by atoms with Gasteiger partial charge in [0.2, 0.25) is 0 Å². The molecule has 13 rings (SSSR count). The van der Waals surface area contributed by atoms with Gasteiger partial charge >= 0.3 is 0 Å². The summed E-state index contributed by atoms with van der Waals surface area (Å²) >= 11 is 0. The molecular formula is C54H32N2. The zero-order valence-corrected chi connectivity index (χ0v) is 30.4. The Morgan fingerprint density at radius 2 is 0.554 bits per heavy atom. The average molecular weight is 709 g/mol. The van der Waals surface area contributed by atoms with E-state index in [0.717, 1.165) is 11.4 Å². The maximum absolute atomic E-state index is 2.52. The molecule has 2 heteroatoms. The zero-order chi connectivity index (χ0) is 36.5. The molecule has 0 spiro atoms. The van der Waals surface area contributed by atoms with E-state index in [0.29, 0.717) is 0 Å². The van der Waals surface area contributed by atoms with Crippen molar-refractivity contribution in [2.45, 2.75) is 0 Å². The number of benzene rings is 11. The molecule has 0 bridgehead atoms. The van der Waals surface area contributed by atoms with Crippen molar-refractivity contribution in [1.82, 2.24) is 9.13 Å². The molecular weight excluding hydrogens is 677 g/mol. The van der Waals surface area contributed by atoms with Crippen LogP contribution in [0.4, 0.5) is 0 Å². The SMILES string of the molecule is c1ccc2c(c1)c1ccccc1c1cc(-n3c4ccccc4c4c3ccc3c5ccccc5n(-c5ccc6c7ccccc7c7ccccc7c6c5)c34)ccc21. The Hall–Kier alpha value is -7.42. The summed E-state index contributed by atoms with van der Waals surface area (Å²) in [6.45, 7) is 0. The van der Waals surface area contributed by atoms with Gasteiger partial charge in [0.25, 0.3) is 0 Å². The lowest BCUT2D eigenvalue weighted by Gasteiger charge is -2.14. The van der Waals surface area contributed by atoms with Gasteiger partial charge in [-0.2, -0.15) is 0 Å². The van der Waals surface area contributed by atoms with E-state index in [-0.39, 0.29) is 0 Å². The number of nitrogens with zero attached hydrogens (tertiary/aromatic N) is 2. The molecule has 0 aliphatic rings. The lowest BCUT2D eigenvalue weighted by atomic mass is 9.94. The molecule has 0 aliphatic carbocycles. The zero-order valence-electron chi connectivity index (χ0n) is 30.4. The Morgan fingerprint density at radius 1 is 0.214 bits per heavy atom. The van der Waals surface area contributed by atoms with Crippen LogP contribution in [-0.2, 0) is 0 Å². The second-order valence-corrected chi connectivity index (χ2v) is 15.2. The van der Waals surface area contributed by atoms with Gasteiger partial charge in [-0.3, -0.25) is 0 Å². The van der Waals surface area contributed by atoms with Gasteiger partial charge in [0, 0.05) is 32.9 Å². The van der Waals surface area contributed by atoms with Crippen LogP contribution in [-0.4, -0.2) is 9.13 Å². The van der Waals surface area contributed by atoms with Crippen LogP contribution >= 0.6 is 0 Å². The molecule has 2 nitrogen and oxygen atoms in total. The second kappa shape index (κ2) is 11.1. The maximum Gasteiger partial charge on any atom is 0.0641 e. The van der Waals surface area contributed by atoms with E-state index in [2.05, 4.69) is 203 Å². The fourth-order valence-electron chi connectivity index (χ4n) is 10.1. The minimum absolute atomic E-state index is 1.16. The first-order valence-electron chi connectivity index (χ1n) is 19.4. The molecule has 2 aromatic heterocycles. The van der Waals surface area contributed by atoms with E-state index < -0.39 is 0 Å². The Kier molecular flexibility index (Phi) is 5.92. The molecule has 0 fully saturated rings. The third-order valence-corrected chi connectivity index (χ3v) is 12.4. The number of aromatic nitrogens is 2. The van der Waals surface area contributed by atoms with E-state index >= 15 is 0 Å². The largest absolute Gasteiger partial charge is 0.309 e. The van der Waals surface area contributed by atoms with Crippen molar-refractivity contribution in [3.63, 3.8) is 0 Å². The molecule has 0 saturated heterocycles. The van der Waals surface area contributed by atoms with Gasteiger partial charge in [0.05, 0.1) is 22.1 Å². The van der Waals surface area contributed by atoms with Crippen molar-refractivity contribution < 1.29 is 0 Å². The fraction of sp³-hybridized carbons (Fsp3) is 0. The maximum atomic E-state index is 2.52. The summed E-state index contributed by atoms with van der Waals surface area (Å²) in [6, 6.07) is 72.0. The van der Waals surface area contributed by atoms with Gasteiger partial charge in [0.1, 0.15) is 0 Å². The normalized spacial score (nSPS) is 12.3. The highest BCUT2D eigenvalue weighted by atomic mass is 15.0. The van der Waals surface area contributed by atoms with Crippen LogP contribution in [0, 0.1) is 0 Å². The van der Waals surface area contributed by atoms with Crippen LogP contribution in [0.25, 0.3) is 120 Å². The van der Waals surface area contributed by atoms with Crippen LogP contribution in [0.3, 0.4) is 0 Å². The molecule has 11 aromatic carbocycles. The monoisotopic (exact) mass is 708 g/mol. The van der Waals surface area contributed by atoms with Crippen molar-refractivity contribution in [2.75, 3.05) is 0 Å². The lowest BCUT2D eigenvalue weighted by molar-refractivity contribution is 1.18. The topological polar surface area (TPSA) is 9.86 Å². The molecule has 0 radical (unpaired) electrons. The van der Waals surface area contributed by atoms with Crippen LogP contribution < -0.4 is 0 Å². The molecule has 56 heavy (non-hydrogen) atoms. The summed E-state index contributed by atoms with van der Waals surface area (Å²) in [6.07, 6.45) is 0. The summed E-state index contributed by atoms with van der Waals surface area (Å²) in [5.41, 5.74) is 7.17. The van der Waals surface area contributed by atoms with Gasteiger partial charge in [-0.1, -0.05) is 152 Å². The van der Waals surface area contributed by atoms with Crippen molar-refractivity contribution in [3.05, 3.63) is 194 Å². The highest BCUT2D eigenvalue weighted by Crippen LogP contribution is 2.44. The summed E-state index contributed by atoms with van der Waals surface area (Å²) in [5, 5.41) is 20.4. The van der Waals surface area contributed by atoms with Gasteiger partial charge in [-0.25, -0.2) is 0 Å². The van der Waals surface area contributed by atoms with E-state index in [9.17, 15) is 0 Å². The third-order valence-electron chi connectivity index (χ3n) is 12.4. The van der Waals surface area contributed by atoms with E-state index in [1.807, 2.05) is 0 Å². The first-order valence-corrected chi connectivity index (χ1v) is 19.4. The Bertz CT molecular complexity index is 3750. The molecule has 2 heterocycles. The van der Waals surface area contributed by atoms with E-state index in [1.165, 1.54) is 108 Å². The predicted molar refractivity (Wildman–Crippen MR) is 240 cm³/mol. The summed E-state index contributed by atoms with van der Waals surface area (Å²) < 4.78 is 5.00. The smallest absolute Gasteiger partial charge is 0.0641 e. The van der Waals surface area contributed by atoms with Crippen molar-refractivity contribution in [2.24, 2.45) is 0 Å². The lowest BCUT2D eigenvalue weighted by Crippen LogP contribution is -1.96. The van der Waals surface area contributed by atoms with Gasteiger partial charge in [-0.15, -0.1) is 0 Å². The molecule has 0 saturated carbocycles. The predicted octanol–water partition coefficient (Wildman–Crippen LogP) is 14.8. The highest BCUT2D eigenvalue weighted by molar-refractivity contribution is 6.29. The number of hydrogen-bond acceptors (Lipinski definition) is 0. The van der Waals surface area contributed by atoms with Crippen LogP contribution in [0.15, 0.2) is 194 Å². The Balaban J connectivity index is 1.15. The first-order chi connectivity index (χ1) is 27.8. The van der Waals surface area contributed by atoms with Crippen molar-refractivity contribution in [3.8, 4) is 11.4 Å².